The maximum absolute atomic E-state index is 11.4. The molecule has 1 fully saturated rings. The number of hydrogen-bond donors (Lipinski definition) is 2. The molecular weight excluding hydrogens is 226 g/mol. The largest absolute Gasteiger partial charge is 0.478 e. The van der Waals surface area contributed by atoms with Gasteiger partial charge in [0.15, 0.2) is 5.60 Å². The molecule has 0 heterocycles. The van der Waals surface area contributed by atoms with Crippen LogP contribution in [0.4, 0.5) is 0 Å². The van der Waals surface area contributed by atoms with Crippen molar-refractivity contribution in [1.29, 1.82) is 0 Å². The van der Waals surface area contributed by atoms with Crippen LogP contribution in [-0.4, -0.2) is 28.6 Å². The fourth-order valence-corrected chi connectivity index (χ4v) is 1.89. The molecule has 0 bridgehead atoms. The van der Waals surface area contributed by atoms with Crippen LogP contribution in [0.15, 0.2) is 12.2 Å². The molecule has 0 spiro atoms. The summed E-state index contributed by atoms with van der Waals surface area (Å²) in [5, 5.41) is 8.36. The highest BCUT2D eigenvalue weighted by Crippen LogP contribution is 2.31. The third kappa shape index (κ3) is 3.58. The molecular formula is C11H15NO5. The van der Waals surface area contributed by atoms with Gasteiger partial charge in [0.25, 0.3) is 5.91 Å². The van der Waals surface area contributed by atoms with E-state index >= 15 is 0 Å². The topological polar surface area (TPSA) is 107 Å². The SMILES string of the molecule is NC(=O)C1(OC(=O)/C=C\C(=O)O)CCCCC1. The molecule has 1 rings (SSSR count). The lowest BCUT2D eigenvalue weighted by atomic mass is 9.84. The molecule has 0 aromatic rings. The molecule has 1 amide bonds. The van der Waals surface area contributed by atoms with Crippen molar-refractivity contribution in [1.82, 2.24) is 0 Å². The summed E-state index contributed by atoms with van der Waals surface area (Å²) in [6.07, 6.45) is 4.74. The lowest BCUT2D eigenvalue weighted by Gasteiger charge is -2.33. The van der Waals surface area contributed by atoms with E-state index in [2.05, 4.69) is 0 Å². The molecule has 6 nitrogen and oxygen atoms in total. The second kappa shape index (κ2) is 5.47. The van der Waals surface area contributed by atoms with Gasteiger partial charge in [0.2, 0.25) is 0 Å². The molecule has 0 aliphatic heterocycles. The van der Waals surface area contributed by atoms with Crippen LogP contribution in [0.3, 0.4) is 0 Å². The predicted molar refractivity (Wildman–Crippen MR) is 57.9 cm³/mol. The van der Waals surface area contributed by atoms with E-state index in [1.807, 2.05) is 0 Å². The first kappa shape index (κ1) is 13.2. The van der Waals surface area contributed by atoms with E-state index in [1.54, 1.807) is 0 Å². The van der Waals surface area contributed by atoms with Crippen molar-refractivity contribution >= 4 is 17.8 Å². The van der Waals surface area contributed by atoms with Crippen molar-refractivity contribution in [2.45, 2.75) is 37.7 Å². The Hall–Kier alpha value is -1.85. The Morgan fingerprint density at radius 1 is 1.12 bits per heavy atom. The van der Waals surface area contributed by atoms with Crippen molar-refractivity contribution in [2.75, 3.05) is 0 Å². The van der Waals surface area contributed by atoms with E-state index in [9.17, 15) is 14.4 Å². The Labute approximate surface area is 98.4 Å². The van der Waals surface area contributed by atoms with E-state index in [4.69, 9.17) is 15.6 Å². The number of ether oxygens (including phenoxy) is 1. The minimum absolute atomic E-state index is 0.398. The minimum atomic E-state index is -1.27. The maximum Gasteiger partial charge on any atom is 0.332 e. The van der Waals surface area contributed by atoms with Crippen molar-refractivity contribution in [3.63, 3.8) is 0 Å². The van der Waals surface area contributed by atoms with Gasteiger partial charge in [-0.2, -0.15) is 0 Å². The number of amides is 1. The third-order valence-corrected chi connectivity index (χ3v) is 2.77. The first-order chi connectivity index (χ1) is 7.96. The van der Waals surface area contributed by atoms with E-state index < -0.39 is 23.4 Å². The van der Waals surface area contributed by atoms with Gasteiger partial charge in [-0.3, -0.25) is 4.79 Å². The molecule has 0 unspecified atom stereocenters. The maximum atomic E-state index is 11.4. The zero-order valence-electron chi connectivity index (χ0n) is 9.35. The average molecular weight is 241 g/mol. The summed E-state index contributed by atoms with van der Waals surface area (Å²) < 4.78 is 5.03. The van der Waals surface area contributed by atoms with Crippen LogP contribution in [0.1, 0.15) is 32.1 Å². The van der Waals surface area contributed by atoms with Gasteiger partial charge in [0.05, 0.1) is 0 Å². The number of hydrogen-bond acceptors (Lipinski definition) is 4. The third-order valence-electron chi connectivity index (χ3n) is 2.77. The Bertz CT molecular complexity index is 355. The number of rotatable bonds is 4. The lowest BCUT2D eigenvalue weighted by Crippen LogP contribution is -2.48. The average Bonchev–Trinajstić information content (AvgIpc) is 2.27. The van der Waals surface area contributed by atoms with E-state index in [1.165, 1.54) is 0 Å². The molecule has 0 radical (unpaired) electrons. The summed E-state index contributed by atoms with van der Waals surface area (Å²) in [4.78, 5) is 32.9. The monoisotopic (exact) mass is 241 g/mol. The Morgan fingerprint density at radius 2 is 1.71 bits per heavy atom. The smallest absolute Gasteiger partial charge is 0.332 e. The Morgan fingerprint density at radius 3 is 2.18 bits per heavy atom. The summed E-state index contributed by atoms with van der Waals surface area (Å²) in [5.74, 6) is -2.78. The first-order valence-electron chi connectivity index (χ1n) is 5.40. The van der Waals surface area contributed by atoms with Gasteiger partial charge >= 0.3 is 11.9 Å². The summed E-state index contributed by atoms with van der Waals surface area (Å²) in [5.41, 5.74) is 3.98. The van der Waals surface area contributed by atoms with Crippen molar-refractivity contribution in [2.24, 2.45) is 5.73 Å². The van der Waals surface area contributed by atoms with Gasteiger partial charge in [0.1, 0.15) is 0 Å². The molecule has 6 heteroatoms. The van der Waals surface area contributed by atoms with Crippen LogP contribution in [0.2, 0.25) is 0 Å². The summed E-state index contributed by atoms with van der Waals surface area (Å²) >= 11 is 0. The van der Waals surface area contributed by atoms with Crippen molar-refractivity contribution in [3.8, 4) is 0 Å². The molecule has 0 aromatic carbocycles. The van der Waals surface area contributed by atoms with Crippen LogP contribution in [-0.2, 0) is 19.1 Å². The number of carbonyl (C=O) groups excluding carboxylic acids is 2. The molecule has 3 N–H and O–H groups in total. The molecule has 1 aliphatic carbocycles. The quantitative estimate of drug-likeness (QED) is 0.545. The second-order valence-corrected chi connectivity index (χ2v) is 4.01. The van der Waals surface area contributed by atoms with E-state index in [0.717, 1.165) is 25.3 Å². The highest BCUT2D eigenvalue weighted by Gasteiger charge is 2.41. The fourth-order valence-electron chi connectivity index (χ4n) is 1.89. The van der Waals surface area contributed by atoms with Crippen LogP contribution < -0.4 is 5.73 Å². The standard InChI is InChI=1S/C11H15NO5/c12-10(16)11(6-2-1-3-7-11)17-9(15)5-4-8(13)14/h4-5H,1-3,6-7H2,(H2,12,16)(H,13,14)/b5-4-. The first-order valence-corrected chi connectivity index (χ1v) is 5.40. The number of nitrogens with two attached hydrogens (primary N) is 1. The number of carboxylic acids is 1. The van der Waals surface area contributed by atoms with Gasteiger partial charge in [-0.25, -0.2) is 9.59 Å². The lowest BCUT2D eigenvalue weighted by molar-refractivity contribution is -0.166. The van der Waals surface area contributed by atoms with Gasteiger partial charge in [0, 0.05) is 12.2 Å². The zero-order valence-corrected chi connectivity index (χ0v) is 9.35. The molecule has 1 aliphatic rings. The van der Waals surface area contributed by atoms with Gasteiger partial charge in [-0.05, 0) is 25.7 Å². The van der Waals surface area contributed by atoms with Gasteiger partial charge < -0.3 is 15.6 Å². The van der Waals surface area contributed by atoms with Crippen LogP contribution in [0, 0.1) is 0 Å². The molecule has 1 saturated carbocycles. The number of aliphatic carboxylic acids is 1. The van der Waals surface area contributed by atoms with Gasteiger partial charge in [-0.15, -0.1) is 0 Å². The molecule has 0 atom stereocenters. The Balaban J connectivity index is 2.70. The highest BCUT2D eigenvalue weighted by atomic mass is 16.6. The van der Waals surface area contributed by atoms with Crippen LogP contribution in [0.25, 0.3) is 0 Å². The summed E-state index contributed by atoms with van der Waals surface area (Å²) in [6.45, 7) is 0. The van der Waals surface area contributed by atoms with Crippen molar-refractivity contribution < 1.29 is 24.2 Å². The summed E-state index contributed by atoms with van der Waals surface area (Å²) in [6, 6.07) is 0. The van der Waals surface area contributed by atoms with Crippen LogP contribution in [0.5, 0.6) is 0 Å². The molecule has 0 aromatic heterocycles. The number of carboxylic acid groups (broad SMARTS) is 1. The molecule has 94 valence electrons. The van der Waals surface area contributed by atoms with Crippen LogP contribution >= 0.6 is 0 Å². The number of esters is 1. The van der Waals surface area contributed by atoms with Crippen molar-refractivity contribution in [3.05, 3.63) is 12.2 Å². The Kier molecular flexibility index (Phi) is 4.25. The highest BCUT2D eigenvalue weighted by molar-refractivity contribution is 5.93. The van der Waals surface area contributed by atoms with E-state index in [-0.39, 0.29) is 0 Å². The number of primary amides is 1. The minimum Gasteiger partial charge on any atom is -0.478 e. The second-order valence-electron chi connectivity index (χ2n) is 4.01. The van der Waals surface area contributed by atoms with Gasteiger partial charge in [-0.1, -0.05) is 6.42 Å². The fraction of sp³-hybridized carbons (Fsp3) is 0.545. The number of carbonyl (C=O) groups is 3. The predicted octanol–water partition coefficient (Wildman–Crippen LogP) is 0.359. The molecule has 17 heavy (non-hydrogen) atoms. The zero-order chi connectivity index (χ0) is 12.9. The van der Waals surface area contributed by atoms with E-state index in [0.29, 0.717) is 18.9 Å². The molecule has 0 saturated heterocycles. The normalized spacial score (nSPS) is 18.8. The summed E-state index contributed by atoms with van der Waals surface area (Å²) in [7, 11) is 0.